The van der Waals surface area contributed by atoms with Gasteiger partial charge < -0.3 is 10.2 Å². The molecule has 1 aliphatic rings. The number of nitrogens with zero attached hydrogens (tertiary/aromatic N) is 1. The van der Waals surface area contributed by atoms with Crippen molar-refractivity contribution in [3.63, 3.8) is 0 Å². The van der Waals surface area contributed by atoms with E-state index in [-0.39, 0.29) is 6.04 Å². The summed E-state index contributed by atoms with van der Waals surface area (Å²) in [6, 6.07) is 17.4. The van der Waals surface area contributed by atoms with Crippen molar-refractivity contribution in [1.29, 1.82) is 0 Å². The van der Waals surface area contributed by atoms with Crippen molar-refractivity contribution in [1.82, 2.24) is 4.90 Å². The summed E-state index contributed by atoms with van der Waals surface area (Å²) < 4.78 is 0. The minimum atomic E-state index is -0.573. The van der Waals surface area contributed by atoms with Crippen LogP contribution in [0.15, 0.2) is 59.5 Å². The summed E-state index contributed by atoms with van der Waals surface area (Å²) in [6.07, 6.45) is 3.78. The van der Waals surface area contributed by atoms with Gasteiger partial charge in [-0.2, -0.15) is 0 Å². The van der Waals surface area contributed by atoms with Crippen molar-refractivity contribution in [3.05, 3.63) is 60.2 Å². The predicted octanol–water partition coefficient (Wildman–Crippen LogP) is 3.71. The second-order valence-corrected chi connectivity index (χ2v) is 6.63. The Morgan fingerprint density at radius 2 is 1.92 bits per heavy atom. The van der Waals surface area contributed by atoms with E-state index in [0.29, 0.717) is 12.2 Å². The highest BCUT2D eigenvalue weighted by Gasteiger charge is 2.33. The van der Waals surface area contributed by atoms with Gasteiger partial charge in [-0.3, -0.25) is 9.59 Å². The van der Waals surface area contributed by atoms with Gasteiger partial charge in [-0.1, -0.05) is 36.4 Å². The molecule has 124 valence electrons. The predicted molar refractivity (Wildman–Crippen MR) is 97.0 cm³/mol. The first-order chi connectivity index (χ1) is 11.7. The molecular formula is C19H20N2O2S. The van der Waals surface area contributed by atoms with E-state index in [1.54, 1.807) is 22.7 Å². The summed E-state index contributed by atoms with van der Waals surface area (Å²) in [4.78, 5) is 27.7. The molecular weight excluding hydrogens is 320 g/mol. The Hall–Kier alpha value is -2.27. The van der Waals surface area contributed by atoms with Crippen LogP contribution >= 0.6 is 11.8 Å². The average molecular weight is 340 g/mol. The van der Waals surface area contributed by atoms with Crippen LogP contribution < -0.4 is 5.32 Å². The van der Waals surface area contributed by atoms with Crippen LogP contribution in [0.1, 0.15) is 24.4 Å². The minimum Gasteiger partial charge on any atom is -0.327 e. The molecule has 5 heteroatoms. The number of thioether (sulfide) groups is 1. The zero-order chi connectivity index (χ0) is 16.9. The fourth-order valence-electron chi connectivity index (χ4n) is 3.05. The molecule has 1 unspecified atom stereocenters. The molecule has 2 aromatic rings. The Balaban J connectivity index is 1.71. The van der Waals surface area contributed by atoms with Crippen LogP contribution in [0.5, 0.6) is 0 Å². The highest BCUT2D eigenvalue weighted by molar-refractivity contribution is 7.98. The molecule has 1 aliphatic heterocycles. The number of carbonyl (C=O) groups excluding carboxylic acids is 2. The summed E-state index contributed by atoms with van der Waals surface area (Å²) >= 11 is 1.59. The first-order valence-electron chi connectivity index (χ1n) is 8.00. The zero-order valence-corrected chi connectivity index (χ0v) is 14.4. The number of hydrogen-bond acceptors (Lipinski definition) is 3. The van der Waals surface area contributed by atoms with Gasteiger partial charge in [0.1, 0.15) is 0 Å². The fourth-order valence-corrected chi connectivity index (χ4v) is 3.51. The molecule has 0 saturated carbocycles. The second-order valence-electron chi connectivity index (χ2n) is 5.75. The lowest BCUT2D eigenvalue weighted by atomic mass is 10.0. The van der Waals surface area contributed by atoms with Crippen molar-refractivity contribution in [2.45, 2.75) is 23.8 Å². The lowest BCUT2D eigenvalue weighted by molar-refractivity contribution is -0.143. The number of likely N-dealkylation sites (tertiary alicyclic amines) is 1. The highest BCUT2D eigenvalue weighted by atomic mass is 32.2. The highest BCUT2D eigenvalue weighted by Crippen LogP contribution is 2.31. The van der Waals surface area contributed by atoms with Gasteiger partial charge in [0.25, 0.3) is 0 Å². The number of nitrogens with one attached hydrogen (secondary N) is 1. The molecule has 1 heterocycles. The topological polar surface area (TPSA) is 49.4 Å². The first-order valence-corrected chi connectivity index (χ1v) is 9.22. The molecule has 4 nitrogen and oxygen atoms in total. The fraction of sp³-hybridized carbons (Fsp3) is 0.263. The van der Waals surface area contributed by atoms with E-state index >= 15 is 0 Å². The molecule has 1 saturated heterocycles. The average Bonchev–Trinajstić information content (AvgIpc) is 3.11. The zero-order valence-electron chi connectivity index (χ0n) is 13.6. The van der Waals surface area contributed by atoms with Gasteiger partial charge in [0, 0.05) is 17.1 Å². The second kappa shape index (κ2) is 7.53. The largest absolute Gasteiger partial charge is 0.327 e. The Morgan fingerprint density at radius 3 is 2.67 bits per heavy atom. The third-order valence-electron chi connectivity index (χ3n) is 4.22. The summed E-state index contributed by atoms with van der Waals surface area (Å²) in [5, 5.41) is 2.72. The minimum absolute atomic E-state index is 0.0121. The van der Waals surface area contributed by atoms with Crippen molar-refractivity contribution in [3.8, 4) is 0 Å². The van der Waals surface area contributed by atoms with Gasteiger partial charge in [-0.05, 0) is 42.9 Å². The smallest absolute Gasteiger partial charge is 0.313 e. The van der Waals surface area contributed by atoms with Gasteiger partial charge >= 0.3 is 11.8 Å². The lowest BCUT2D eigenvalue weighted by Crippen LogP contribution is -2.39. The number of rotatable bonds is 3. The SMILES string of the molecule is CSc1cccc(NC(=O)C(=O)N2CCCC2c2ccccc2)c1. The van der Waals surface area contributed by atoms with Crippen LogP contribution in [0.2, 0.25) is 0 Å². The maximum atomic E-state index is 12.6. The molecule has 1 N–H and O–H groups in total. The molecule has 0 spiro atoms. The molecule has 1 fully saturated rings. The van der Waals surface area contributed by atoms with Crippen molar-refractivity contribution < 1.29 is 9.59 Å². The third-order valence-corrected chi connectivity index (χ3v) is 4.95. The number of hydrogen-bond donors (Lipinski definition) is 1. The van der Waals surface area contributed by atoms with E-state index in [9.17, 15) is 9.59 Å². The van der Waals surface area contributed by atoms with Gasteiger partial charge in [-0.15, -0.1) is 11.8 Å². The molecule has 0 aliphatic carbocycles. The standard InChI is InChI=1S/C19H20N2O2S/c1-24-16-10-5-9-15(13-16)20-18(22)19(23)21-12-6-11-17(21)14-7-3-2-4-8-14/h2-5,7-10,13,17H,6,11-12H2,1H3,(H,20,22). The Kier molecular flexibility index (Phi) is 5.20. The van der Waals surface area contributed by atoms with Crippen LogP contribution in [-0.4, -0.2) is 29.5 Å². The van der Waals surface area contributed by atoms with Gasteiger partial charge in [-0.25, -0.2) is 0 Å². The summed E-state index contributed by atoms with van der Waals surface area (Å²) in [5.74, 6) is -1.04. The normalized spacial score (nSPS) is 16.9. The van der Waals surface area contributed by atoms with Crippen LogP contribution in [0.25, 0.3) is 0 Å². The first kappa shape index (κ1) is 16.6. The molecule has 1 atom stereocenters. The van der Waals surface area contributed by atoms with E-state index in [4.69, 9.17) is 0 Å². The lowest BCUT2D eigenvalue weighted by Gasteiger charge is -2.24. The molecule has 2 aromatic carbocycles. The molecule has 0 bridgehead atoms. The quantitative estimate of drug-likeness (QED) is 0.684. The van der Waals surface area contributed by atoms with E-state index < -0.39 is 11.8 Å². The third kappa shape index (κ3) is 3.62. The van der Waals surface area contributed by atoms with E-state index in [2.05, 4.69) is 5.32 Å². The van der Waals surface area contributed by atoms with E-state index in [0.717, 1.165) is 23.3 Å². The van der Waals surface area contributed by atoms with Crippen molar-refractivity contribution >= 4 is 29.3 Å². The molecule has 0 aromatic heterocycles. The van der Waals surface area contributed by atoms with Gasteiger partial charge in [0.2, 0.25) is 0 Å². The number of benzene rings is 2. The number of carbonyl (C=O) groups is 2. The van der Waals surface area contributed by atoms with Gasteiger partial charge in [0.15, 0.2) is 0 Å². The Labute approximate surface area is 146 Å². The molecule has 0 radical (unpaired) electrons. The molecule has 3 rings (SSSR count). The summed E-state index contributed by atoms with van der Waals surface area (Å²) in [6.45, 7) is 0.622. The molecule has 2 amide bonds. The van der Waals surface area contributed by atoms with Crippen LogP contribution in [-0.2, 0) is 9.59 Å². The van der Waals surface area contributed by atoms with Crippen LogP contribution in [0.3, 0.4) is 0 Å². The Morgan fingerprint density at radius 1 is 1.12 bits per heavy atom. The van der Waals surface area contributed by atoms with E-state index in [1.807, 2.05) is 54.8 Å². The maximum absolute atomic E-state index is 12.6. The Bertz CT molecular complexity index is 733. The monoisotopic (exact) mass is 340 g/mol. The van der Waals surface area contributed by atoms with E-state index in [1.165, 1.54) is 0 Å². The van der Waals surface area contributed by atoms with Gasteiger partial charge in [0.05, 0.1) is 6.04 Å². The number of anilines is 1. The maximum Gasteiger partial charge on any atom is 0.313 e. The summed E-state index contributed by atoms with van der Waals surface area (Å²) in [5.41, 5.74) is 1.73. The summed E-state index contributed by atoms with van der Waals surface area (Å²) in [7, 11) is 0. The van der Waals surface area contributed by atoms with Crippen LogP contribution in [0.4, 0.5) is 5.69 Å². The number of amides is 2. The van der Waals surface area contributed by atoms with Crippen LogP contribution in [0, 0.1) is 0 Å². The van der Waals surface area contributed by atoms with Crippen molar-refractivity contribution in [2.24, 2.45) is 0 Å². The molecule has 24 heavy (non-hydrogen) atoms. The van der Waals surface area contributed by atoms with Crippen molar-refractivity contribution in [2.75, 3.05) is 18.1 Å².